The topological polar surface area (TPSA) is 408 Å². The van der Waals surface area contributed by atoms with E-state index in [4.69, 9.17) is 22.9 Å². The van der Waals surface area contributed by atoms with E-state index in [2.05, 4.69) is 42.5 Å². The minimum Gasteiger partial charge on any atom is -0.508 e. The van der Waals surface area contributed by atoms with Gasteiger partial charge in [-0.05, 0) is 101 Å². The van der Waals surface area contributed by atoms with Crippen LogP contribution in [0.15, 0.2) is 24.3 Å². The Kier molecular flexibility index (Phi) is 28.4. The number of phenols is 1. The minimum atomic E-state index is -1.49. The van der Waals surface area contributed by atoms with E-state index in [9.17, 15) is 57.8 Å². The van der Waals surface area contributed by atoms with Gasteiger partial charge in [0.05, 0.1) is 12.1 Å². The molecule has 72 heavy (non-hydrogen) atoms. The van der Waals surface area contributed by atoms with E-state index >= 15 is 0 Å². The second-order valence-corrected chi connectivity index (χ2v) is 19.2. The highest BCUT2D eigenvalue weighted by Gasteiger charge is 2.35. The van der Waals surface area contributed by atoms with Crippen molar-refractivity contribution in [1.82, 2.24) is 42.5 Å². The largest absolute Gasteiger partial charge is 0.508 e. The smallest absolute Gasteiger partial charge is 0.243 e. The van der Waals surface area contributed by atoms with Gasteiger partial charge in [0.25, 0.3) is 0 Å². The summed E-state index contributed by atoms with van der Waals surface area (Å²) in [6, 6.07) is -5.01. The molecule has 17 N–H and O–H groups in total. The first-order valence-corrected chi connectivity index (χ1v) is 24.4. The first-order chi connectivity index (χ1) is 33.7. The van der Waals surface area contributed by atoms with Gasteiger partial charge >= 0.3 is 0 Å². The number of phenolic OH excluding ortho intramolecular Hbond substituents is 1. The van der Waals surface area contributed by atoms with Crippen molar-refractivity contribution in [2.75, 3.05) is 6.54 Å². The van der Waals surface area contributed by atoms with Gasteiger partial charge in [0, 0.05) is 12.8 Å². The Morgan fingerprint density at radius 3 is 1.40 bits per heavy atom. The van der Waals surface area contributed by atoms with Crippen LogP contribution in [0.2, 0.25) is 0 Å². The lowest BCUT2D eigenvalue weighted by atomic mass is 10.00. The van der Waals surface area contributed by atoms with Gasteiger partial charge in [-0.2, -0.15) is 0 Å². The number of primary amides is 2. The Bertz CT molecular complexity index is 2000. The van der Waals surface area contributed by atoms with Gasteiger partial charge in [-0.1, -0.05) is 60.1 Å². The quantitative estimate of drug-likeness (QED) is 0.0257. The molecule has 0 aromatic heterocycles. The number of carbonyl (C=O) groups is 11. The fraction of sp³-hybridized carbons (Fsp3) is 0.646. The monoisotopic (exact) mass is 1020 g/mol. The zero-order chi connectivity index (χ0) is 54.8. The van der Waals surface area contributed by atoms with E-state index in [1.165, 1.54) is 26.0 Å². The number of benzene rings is 1. The van der Waals surface area contributed by atoms with Crippen LogP contribution in [0.5, 0.6) is 5.75 Å². The maximum atomic E-state index is 14.0. The summed E-state index contributed by atoms with van der Waals surface area (Å²) in [4.78, 5) is 144. The molecule has 0 unspecified atom stereocenters. The molecule has 0 heterocycles. The highest BCUT2D eigenvalue weighted by molar-refractivity contribution is 5.98. The molecular formula is C48H80N12O12. The Balaban J connectivity index is 3.25. The van der Waals surface area contributed by atoms with E-state index in [0.29, 0.717) is 37.7 Å². The van der Waals surface area contributed by atoms with Gasteiger partial charge in [0.2, 0.25) is 59.1 Å². The average molecular weight is 1020 g/mol. The Morgan fingerprint density at radius 2 is 0.944 bits per heavy atom. The van der Waals surface area contributed by atoms with Gasteiger partial charge in [-0.25, -0.2) is 0 Å². The molecule has 0 aliphatic carbocycles. The van der Waals surface area contributed by atoms with E-state index in [1.54, 1.807) is 39.8 Å². The highest BCUT2D eigenvalue weighted by atomic mass is 16.3. The third-order valence-electron chi connectivity index (χ3n) is 11.2. The van der Waals surface area contributed by atoms with Crippen molar-refractivity contribution >= 4 is 65.4 Å². The first-order valence-electron chi connectivity index (χ1n) is 24.4. The lowest BCUT2D eigenvalue weighted by Crippen LogP contribution is -2.60. The number of hydrogen-bond donors (Lipinski definition) is 13. The molecule has 1 rings (SSSR count). The lowest BCUT2D eigenvalue weighted by molar-refractivity contribution is -0.136. The molecule has 0 radical (unpaired) electrons. The normalized spacial score (nSPS) is 15.0. The summed E-state index contributed by atoms with van der Waals surface area (Å²) in [5.74, 6) is -8.85. The molecule has 1 aromatic rings. The first kappa shape index (κ1) is 63.3. The number of unbranched alkanes of at least 4 members (excludes halogenated alkanes) is 1. The van der Waals surface area contributed by atoms with Crippen molar-refractivity contribution in [1.29, 1.82) is 0 Å². The van der Waals surface area contributed by atoms with Gasteiger partial charge in [-0.15, -0.1) is 0 Å². The number of nitrogens with one attached hydrogen (secondary N) is 8. The third kappa shape index (κ3) is 24.4. The minimum absolute atomic E-state index is 0.0127. The SMILES string of the molecule is CC(C)C[C@H](NC(=O)[C@H](CCC(N)=O)NC(=O)[C@H](C)NC(=O)[C@H](CC(C)C)NC(=O)[C@@H](N)CCCCN)C(=O)N[C@@H](CCC(N)=O)C(=O)N[C@H](C(=O)N[C@@H](C)C(=O)N[C@H](C=O)Cc1ccc(O)cc1)C(C)C. The zero-order valence-electron chi connectivity index (χ0n) is 42.8. The number of nitrogens with two attached hydrogens (primary N) is 4. The standard InChI is InChI=1S/C48H80N12O12/c1-25(2)21-36(58-43(67)33(50)11-9-10-20-49)46(70)53-29(8)42(66)56-34(16-18-38(51)63)44(68)59-37(22-26(3)4)47(71)57-35(17-19-39(52)64)45(69)60-40(27(5)6)48(72)54-28(7)41(65)55-31(24-61)23-30-12-14-32(62)15-13-30/h12-15,24-29,31,33-37,40,62H,9-11,16-23,49-50H2,1-8H3,(H2,51,63)(H2,52,64)(H,53,70)(H,54,72)(H,55,65)(H,56,66)(H,57,71)(H,58,67)(H,59,68)(H,60,69)/t28-,29-,31-,33-,34-,35-,36-,37-,40-/m0/s1. The van der Waals surface area contributed by atoms with Gasteiger partial charge < -0.3 is 75.4 Å². The van der Waals surface area contributed by atoms with Crippen molar-refractivity contribution < 1.29 is 57.8 Å². The van der Waals surface area contributed by atoms with Crippen molar-refractivity contribution in [3.05, 3.63) is 29.8 Å². The van der Waals surface area contributed by atoms with Gasteiger partial charge in [-0.3, -0.25) is 47.9 Å². The number of hydrogen-bond acceptors (Lipinski definition) is 14. The molecule has 404 valence electrons. The van der Waals surface area contributed by atoms with Crippen molar-refractivity contribution in [2.45, 2.75) is 174 Å². The molecule has 0 aliphatic heterocycles. The Labute approximate surface area is 421 Å². The molecule has 0 saturated heterocycles. The van der Waals surface area contributed by atoms with Crippen LogP contribution in [0.4, 0.5) is 0 Å². The number of amides is 10. The fourth-order valence-electron chi connectivity index (χ4n) is 7.14. The van der Waals surface area contributed by atoms with Crippen LogP contribution >= 0.6 is 0 Å². The summed E-state index contributed by atoms with van der Waals surface area (Å²) in [6.07, 6.45) is 1.02. The average Bonchev–Trinajstić information content (AvgIpc) is 3.29. The third-order valence-corrected chi connectivity index (χ3v) is 11.2. The predicted octanol–water partition coefficient (Wildman–Crippen LogP) is -2.21. The predicted molar refractivity (Wildman–Crippen MR) is 266 cm³/mol. The molecule has 0 bridgehead atoms. The van der Waals surface area contributed by atoms with Crippen LogP contribution in [0.1, 0.15) is 119 Å². The molecule has 9 atom stereocenters. The maximum Gasteiger partial charge on any atom is 0.243 e. The summed E-state index contributed by atoms with van der Waals surface area (Å²) in [6.45, 7) is 13.5. The molecule has 0 spiro atoms. The molecule has 24 heteroatoms. The van der Waals surface area contributed by atoms with Gasteiger partial charge in [0.1, 0.15) is 54.3 Å². The lowest BCUT2D eigenvalue weighted by Gasteiger charge is -2.29. The number of carbonyl (C=O) groups excluding carboxylic acids is 11. The highest BCUT2D eigenvalue weighted by Crippen LogP contribution is 2.13. The van der Waals surface area contributed by atoms with Crippen LogP contribution < -0.4 is 65.5 Å². The molecular weight excluding hydrogens is 937 g/mol. The van der Waals surface area contributed by atoms with Gasteiger partial charge in [0.15, 0.2) is 0 Å². The van der Waals surface area contributed by atoms with Crippen molar-refractivity contribution in [3.8, 4) is 5.75 Å². The van der Waals surface area contributed by atoms with Crippen molar-refractivity contribution in [2.24, 2.45) is 40.7 Å². The molecule has 0 fully saturated rings. The molecule has 10 amide bonds. The summed E-state index contributed by atoms with van der Waals surface area (Å²) in [5, 5.41) is 30.0. The Morgan fingerprint density at radius 1 is 0.528 bits per heavy atom. The van der Waals surface area contributed by atoms with Crippen LogP contribution in [-0.2, 0) is 59.2 Å². The van der Waals surface area contributed by atoms with Crippen LogP contribution in [0.3, 0.4) is 0 Å². The molecule has 1 aromatic carbocycles. The maximum absolute atomic E-state index is 14.0. The molecule has 0 saturated carbocycles. The second kappa shape index (κ2) is 32.3. The number of rotatable bonds is 34. The number of aldehydes is 1. The van der Waals surface area contributed by atoms with Crippen LogP contribution in [0, 0.1) is 17.8 Å². The number of aromatic hydroxyl groups is 1. The summed E-state index contributed by atoms with van der Waals surface area (Å²) in [5.41, 5.74) is 23.0. The fourth-order valence-corrected chi connectivity index (χ4v) is 7.14. The van der Waals surface area contributed by atoms with Crippen LogP contribution in [0.25, 0.3) is 0 Å². The second-order valence-electron chi connectivity index (χ2n) is 19.2. The molecule has 0 aliphatic rings. The zero-order valence-corrected chi connectivity index (χ0v) is 42.8. The summed E-state index contributed by atoms with van der Waals surface area (Å²) in [7, 11) is 0. The van der Waals surface area contributed by atoms with E-state index < -0.39 is 119 Å². The Hall–Kier alpha value is -6.69. The van der Waals surface area contributed by atoms with E-state index in [-0.39, 0.29) is 62.5 Å². The molecule has 24 nitrogen and oxygen atoms in total. The summed E-state index contributed by atoms with van der Waals surface area (Å²) >= 11 is 0. The van der Waals surface area contributed by atoms with E-state index in [0.717, 1.165) is 0 Å². The van der Waals surface area contributed by atoms with Crippen LogP contribution in [-0.4, -0.2) is 131 Å². The van der Waals surface area contributed by atoms with E-state index in [1.807, 2.05) is 13.8 Å². The van der Waals surface area contributed by atoms with Crippen molar-refractivity contribution in [3.63, 3.8) is 0 Å². The summed E-state index contributed by atoms with van der Waals surface area (Å²) < 4.78 is 0.